The van der Waals surface area contributed by atoms with Gasteiger partial charge in [0.25, 0.3) is 5.56 Å². The number of nitrogen functional groups attached to an aromatic ring is 1. The lowest BCUT2D eigenvalue weighted by molar-refractivity contribution is -0.138. The molecule has 0 radical (unpaired) electrons. The zero-order valence-electron chi connectivity index (χ0n) is 16.9. The summed E-state index contributed by atoms with van der Waals surface area (Å²) in [4.78, 5) is 44.7. The molecule has 0 spiro atoms. The first-order valence-electron chi connectivity index (χ1n) is 9.37. The van der Waals surface area contributed by atoms with Crippen molar-refractivity contribution in [3.63, 3.8) is 0 Å². The topological polar surface area (TPSA) is 139 Å². The summed E-state index contributed by atoms with van der Waals surface area (Å²) in [6, 6.07) is 4.22. The van der Waals surface area contributed by atoms with E-state index in [1.54, 1.807) is 19.9 Å². The van der Waals surface area contributed by atoms with Crippen molar-refractivity contribution >= 4 is 40.4 Å². The van der Waals surface area contributed by atoms with Gasteiger partial charge in [0, 0.05) is 18.2 Å². The fourth-order valence-corrected chi connectivity index (χ4v) is 3.14. The smallest absolute Gasteiger partial charge is 0.280 e. The Morgan fingerprint density at radius 3 is 2.84 bits per heavy atom. The van der Waals surface area contributed by atoms with E-state index in [9.17, 15) is 18.8 Å². The number of H-pyrrole nitrogens is 1. The molecule has 0 unspecified atom stereocenters. The number of rotatable bonds is 7. The predicted octanol–water partition coefficient (Wildman–Crippen LogP) is 1.05. The fraction of sp³-hybridized carbons (Fsp3) is 0.316. The van der Waals surface area contributed by atoms with E-state index >= 15 is 0 Å². The second kappa shape index (κ2) is 9.13. The molecule has 0 atom stereocenters. The van der Waals surface area contributed by atoms with Crippen molar-refractivity contribution in [1.82, 2.24) is 30.0 Å². The molecule has 31 heavy (non-hydrogen) atoms. The lowest BCUT2D eigenvalue weighted by atomic mass is 10.2. The number of benzene rings is 1. The highest BCUT2D eigenvalue weighted by Gasteiger charge is 2.21. The molecule has 3 aromatic rings. The molecule has 0 bridgehead atoms. The van der Waals surface area contributed by atoms with Gasteiger partial charge in [-0.1, -0.05) is 23.7 Å². The molecular formula is C19H21ClFN7O3. The molecule has 0 saturated carbocycles. The fourth-order valence-electron chi connectivity index (χ4n) is 2.95. The van der Waals surface area contributed by atoms with Gasteiger partial charge < -0.3 is 16.0 Å². The second-order valence-electron chi connectivity index (χ2n) is 7.12. The average Bonchev–Trinajstić information content (AvgIpc) is 3.09. The van der Waals surface area contributed by atoms with Crippen LogP contribution in [0.5, 0.6) is 0 Å². The number of hydrogen-bond acceptors (Lipinski definition) is 6. The number of carbonyl (C=O) groups excluding carboxylic acids is 2. The first-order chi connectivity index (χ1) is 14.7. The number of anilines is 1. The van der Waals surface area contributed by atoms with E-state index in [0.717, 1.165) is 0 Å². The lowest BCUT2D eigenvalue weighted by Gasteiger charge is -2.26. The van der Waals surface area contributed by atoms with Crippen LogP contribution in [-0.2, 0) is 22.7 Å². The number of hydrogen-bond donors (Lipinski definition) is 3. The van der Waals surface area contributed by atoms with Crippen molar-refractivity contribution in [2.75, 3.05) is 12.3 Å². The summed E-state index contributed by atoms with van der Waals surface area (Å²) in [5.41, 5.74) is 5.55. The summed E-state index contributed by atoms with van der Waals surface area (Å²) in [7, 11) is 0. The number of aromatic amines is 1. The van der Waals surface area contributed by atoms with E-state index in [-0.39, 0.29) is 53.2 Å². The third kappa shape index (κ3) is 5.18. The Balaban J connectivity index is 1.66. The molecule has 3 rings (SSSR count). The first kappa shape index (κ1) is 22.2. The summed E-state index contributed by atoms with van der Waals surface area (Å²) >= 11 is 5.74. The number of fused-ring (bicyclic) bond motifs is 1. The number of amides is 2. The van der Waals surface area contributed by atoms with E-state index < -0.39 is 23.2 Å². The minimum absolute atomic E-state index is 0.0348. The third-order valence-electron chi connectivity index (χ3n) is 4.50. The van der Waals surface area contributed by atoms with E-state index in [4.69, 9.17) is 17.3 Å². The predicted molar refractivity (Wildman–Crippen MR) is 113 cm³/mol. The third-order valence-corrected chi connectivity index (χ3v) is 4.79. The van der Waals surface area contributed by atoms with Gasteiger partial charge in [-0.2, -0.15) is 5.10 Å². The van der Waals surface area contributed by atoms with Crippen molar-refractivity contribution in [3.8, 4) is 0 Å². The minimum Gasteiger partial charge on any atom is -0.369 e. The van der Waals surface area contributed by atoms with E-state index in [1.165, 1.54) is 27.9 Å². The van der Waals surface area contributed by atoms with Crippen LogP contribution in [0.3, 0.4) is 0 Å². The van der Waals surface area contributed by atoms with Crippen LogP contribution in [0.25, 0.3) is 11.0 Å². The van der Waals surface area contributed by atoms with Crippen LogP contribution < -0.4 is 16.6 Å². The summed E-state index contributed by atoms with van der Waals surface area (Å²) in [5, 5.41) is 6.61. The number of nitrogens with two attached hydrogens (primary N) is 1. The van der Waals surface area contributed by atoms with Crippen LogP contribution in [-0.4, -0.2) is 49.0 Å². The molecular weight excluding hydrogens is 429 g/mol. The molecule has 0 aliphatic rings. The van der Waals surface area contributed by atoms with Crippen molar-refractivity contribution in [1.29, 1.82) is 0 Å². The van der Waals surface area contributed by atoms with Gasteiger partial charge >= 0.3 is 0 Å². The lowest BCUT2D eigenvalue weighted by Crippen LogP contribution is -2.45. The Morgan fingerprint density at radius 1 is 1.39 bits per heavy atom. The van der Waals surface area contributed by atoms with Crippen LogP contribution >= 0.6 is 11.6 Å². The highest BCUT2D eigenvalue weighted by atomic mass is 35.5. The summed E-state index contributed by atoms with van der Waals surface area (Å²) in [6.07, 6.45) is 1.43. The molecule has 1 aromatic carbocycles. The highest BCUT2D eigenvalue weighted by molar-refractivity contribution is 6.30. The summed E-state index contributed by atoms with van der Waals surface area (Å²) in [6.45, 7) is 3.02. The highest BCUT2D eigenvalue weighted by Crippen LogP contribution is 2.17. The summed E-state index contributed by atoms with van der Waals surface area (Å²) < 4.78 is 15.2. The van der Waals surface area contributed by atoms with Gasteiger partial charge in [-0.15, -0.1) is 0 Å². The van der Waals surface area contributed by atoms with Crippen LogP contribution in [0.1, 0.15) is 19.4 Å². The largest absolute Gasteiger partial charge is 0.369 e. The van der Waals surface area contributed by atoms with Crippen LogP contribution in [0, 0.1) is 5.82 Å². The molecule has 0 aliphatic carbocycles. The standard InChI is InChI=1S/C19H21ClFN7O3/c1-10(2)28(8-14(29)23-6-11-4-3-5-12(20)16(11)21)15(30)9-27-7-13-17(26-27)18(31)25-19(22)24-13/h3-5,7,10H,6,8-9H2,1-2H3,(H,23,29)(H3,22,24,25,31). The van der Waals surface area contributed by atoms with Gasteiger partial charge in [-0.25, -0.2) is 9.37 Å². The maximum absolute atomic E-state index is 14.0. The molecule has 0 fully saturated rings. The van der Waals surface area contributed by atoms with Gasteiger partial charge in [0.2, 0.25) is 17.8 Å². The molecule has 2 amide bonds. The SMILES string of the molecule is CC(C)N(CC(=O)NCc1cccc(Cl)c1F)C(=O)Cn1cc2nc(N)[nH]c(=O)c2n1. The number of nitrogens with zero attached hydrogens (tertiary/aromatic N) is 4. The Bertz CT molecular complexity index is 1190. The van der Waals surface area contributed by atoms with Crippen LogP contribution in [0.2, 0.25) is 5.02 Å². The molecule has 12 heteroatoms. The second-order valence-corrected chi connectivity index (χ2v) is 7.52. The summed E-state index contributed by atoms with van der Waals surface area (Å²) in [5.74, 6) is -1.51. The zero-order valence-corrected chi connectivity index (χ0v) is 17.6. The normalized spacial score (nSPS) is 11.1. The van der Waals surface area contributed by atoms with Gasteiger partial charge in [-0.05, 0) is 19.9 Å². The maximum atomic E-state index is 14.0. The monoisotopic (exact) mass is 449 g/mol. The number of carbonyl (C=O) groups is 2. The van der Waals surface area contributed by atoms with E-state index in [2.05, 4.69) is 20.4 Å². The van der Waals surface area contributed by atoms with Gasteiger partial charge in [0.15, 0.2) is 5.52 Å². The van der Waals surface area contributed by atoms with Gasteiger partial charge in [-0.3, -0.25) is 24.0 Å². The van der Waals surface area contributed by atoms with Crippen molar-refractivity contribution in [2.24, 2.45) is 0 Å². The molecule has 0 saturated heterocycles. The van der Waals surface area contributed by atoms with Crippen molar-refractivity contribution < 1.29 is 14.0 Å². The Hall–Kier alpha value is -3.47. The van der Waals surface area contributed by atoms with Gasteiger partial charge in [0.1, 0.15) is 17.9 Å². The quantitative estimate of drug-likeness (QED) is 0.492. The van der Waals surface area contributed by atoms with Gasteiger partial charge in [0.05, 0.1) is 17.8 Å². The molecule has 0 aliphatic heterocycles. The van der Waals surface area contributed by atoms with Crippen molar-refractivity contribution in [3.05, 3.63) is 51.2 Å². The minimum atomic E-state index is -0.601. The number of aromatic nitrogens is 4. The Kier molecular flexibility index (Phi) is 6.54. The van der Waals surface area contributed by atoms with E-state index in [0.29, 0.717) is 0 Å². The Labute approximate surface area is 181 Å². The molecule has 10 nitrogen and oxygen atoms in total. The molecule has 164 valence electrons. The van der Waals surface area contributed by atoms with E-state index in [1.807, 2.05) is 0 Å². The van der Waals surface area contributed by atoms with Crippen LogP contribution in [0.4, 0.5) is 10.3 Å². The first-order valence-corrected chi connectivity index (χ1v) is 9.75. The molecule has 2 aromatic heterocycles. The zero-order chi connectivity index (χ0) is 22.7. The van der Waals surface area contributed by atoms with Crippen molar-refractivity contribution in [2.45, 2.75) is 33.0 Å². The average molecular weight is 450 g/mol. The molecule has 2 heterocycles. The Morgan fingerprint density at radius 2 is 2.13 bits per heavy atom. The molecule has 4 N–H and O–H groups in total. The maximum Gasteiger partial charge on any atom is 0.280 e. The van der Waals surface area contributed by atoms with Crippen LogP contribution in [0.15, 0.2) is 29.2 Å². The number of nitrogens with one attached hydrogen (secondary N) is 2. The number of halogens is 2.